The largest absolute Gasteiger partial charge is 0.446 e. The lowest BCUT2D eigenvalue weighted by molar-refractivity contribution is -0.0328. The first-order chi connectivity index (χ1) is 18.3. The Morgan fingerprint density at radius 3 is 2.50 bits per heavy atom. The second-order valence-electron chi connectivity index (χ2n) is 8.90. The highest BCUT2D eigenvalue weighted by atomic mass is 32.2. The lowest BCUT2D eigenvalue weighted by atomic mass is 10.0. The van der Waals surface area contributed by atoms with Gasteiger partial charge in [-0.05, 0) is 59.8 Å². The Labute approximate surface area is 220 Å². The predicted molar refractivity (Wildman–Crippen MR) is 139 cm³/mol. The molecule has 0 radical (unpaired) electrons. The van der Waals surface area contributed by atoms with Crippen molar-refractivity contribution in [3.05, 3.63) is 94.2 Å². The molecule has 1 fully saturated rings. The summed E-state index contributed by atoms with van der Waals surface area (Å²) in [7, 11) is 0. The standard InChI is InChI=1S/C27H22F3N5O2S/c1-31-21-11-13-34(14-12-21)22-4-2-3-18(15-22)16-35-17-20(7-10-24(35)36)26-32-25(33-37-26)19-5-8-23(9-6-19)38-27(28,29)30/h2-10,15,17,21H,11-14,16H2. The predicted octanol–water partition coefficient (Wildman–Crippen LogP) is 6.11. The average Bonchev–Trinajstić information content (AvgIpc) is 3.40. The van der Waals surface area contributed by atoms with Crippen LogP contribution in [-0.4, -0.2) is 39.3 Å². The molecule has 3 heterocycles. The van der Waals surface area contributed by atoms with Crippen molar-refractivity contribution in [3.63, 3.8) is 0 Å². The van der Waals surface area contributed by atoms with Crippen LogP contribution >= 0.6 is 11.8 Å². The molecule has 0 atom stereocenters. The van der Waals surface area contributed by atoms with E-state index in [2.05, 4.69) is 26.0 Å². The minimum Gasteiger partial charge on any atom is -0.371 e. The van der Waals surface area contributed by atoms with Crippen molar-refractivity contribution in [1.29, 1.82) is 0 Å². The molecular formula is C27H22F3N5O2S. The Kier molecular flexibility index (Phi) is 7.24. The zero-order valence-electron chi connectivity index (χ0n) is 20.1. The van der Waals surface area contributed by atoms with Gasteiger partial charge in [-0.1, -0.05) is 17.3 Å². The van der Waals surface area contributed by atoms with Crippen molar-refractivity contribution in [3.8, 4) is 22.8 Å². The smallest absolute Gasteiger partial charge is 0.371 e. The normalized spacial score (nSPS) is 14.4. The van der Waals surface area contributed by atoms with Gasteiger partial charge in [0, 0.05) is 54.3 Å². The summed E-state index contributed by atoms with van der Waals surface area (Å²) in [5.74, 6) is 0.426. The van der Waals surface area contributed by atoms with E-state index in [0.29, 0.717) is 17.7 Å². The monoisotopic (exact) mass is 537 g/mol. The molecule has 1 saturated heterocycles. The third kappa shape index (κ3) is 6.08. The van der Waals surface area contributed by atoms with Crippen LogP contribution < -0.4 is 10.5 Å². The summed E-state index contributed by atoms with van der Waals surface area (Å²) in [4.78, 5) is 22.9. The van der Waals surface area contributed by atoms with Gasteiger partial charge in [0.15, 0.2) is 0 Å². The van der Waals surface area contributed by atoms with Crippen LogP contribution in [-0.2, 0) is 6.54 Å². The van der Waals surface area contributed by atoms with Crippen molar-refractivity contribution >= 4 is 17.4 Å². The van der Waals surface area contributed by atoms with E-state index in [9.17, 15) is 18.0 Å². The van der Waals surface area contributed by atoms with Gasteiger partial charge in [-0.2, -0.15) is 18.2 Å². The van der Waals surface area contributed by atoms with Gasteiger partial charge in [0.05, 0.1) is 12.1 Å². The molecule has 11 heteroatoms. The Balaban J connectivity index is 1.32. The van der Waals surface area contributed by atoms with E-state index in [1.807, 2.05) is 18.2 Å². The third-order valence-electron chi connectivity index (χ3n) is 6.28. The number of rotatable bonds is 6. The van der Waals surface area contributed by atoms with Crippen LogP contribution in [0.2, 0.25) is 0 Å². The topological polar surface area (TPSA) is 68.5 Å². The molecule has 38 heavy (non-hydrogen) atoms. The van der Waals surface area contributed by atoms with E-state index in [-0.39, 0.29) is 40.0 Å². The fourth-order valence-corrected chi connectivity index (χ4v) is 4.89. The summed E-state index contributed by atoms with van der Waals surface area (Å²) in [6.07, 6.45) is 3.34. The van der Waals surface area contributed by atoms with Crippen LogP contribution in [0.25, 0.3) is 27.7 Å². The first-order valence-electron chi connectivity index (χ1n) is 11.9. The molecule has 7 nitrogen and oxygen atoms in total. The maximum absolute atomic E-state index is 12.6. The second-order valence-corrected chi connectivity index (χ2v) is 10.0. The van der Waals surface area contributed by atoms with Gasteiger partial charge in [-0.25, -0.2) is 6.57 Å². The summed E-state index contributed by atoms with van der Waals surface area (Å²) < 4.78 is 44.7. The number of hydrogen-bond acceptors (Lipinski definition) is 6. The Morgan fingerprint density at radius 2 is 1.79 bits per heavy atom. The van der Waals surface area contributed by atoms with Crippen LogP contribution in [0, 0.1) is 6.57 Å². The van der Waals surface area contributed by atoms with Gasteiger partial charge in [0.2, 0.25) is 11.9 Å². The van der Waals surface area contributed by atoms with E-state index >= 15 is 0 Å². The highest BCUT2D eigenvalue weighted by Crippen LogP contribution is 2.37. The summed E-state index contributed by atoms with van der Waals surface area (Å²) in [5, 5.41) is 3.95. The maximum atomic E-state index is 12.6. The summed E-state index contributed by atoms with van der Waals surface area (Å²) >= 11 is -0.190. The van der Waals surface area contributed by atoms with Crippen LogP contribution in [0.4, 0.5) is 18.9 Å². The van der Waals surface area contributed by atoms with Gasteiger partial charge in [-0.3, -0.25) is 4.79 Å². The lowest BCUT2D eigenvalue weighted by Crippen LogP contribution is -2.34. The molecule has 1 aliphatic heterocycles. The second kappa shape index (κ2) is 10.8. The van der Waals surface area contributed by atoms with Crippen LogP contribution in [0.3, 0.4) is 0 Å². The molecule has 0 N–H and O–H groups in total. The van der Waals surface area contributed by atoms with Gasteiger partial charge in [0.25, 0.3) is 11.4 Å². The minimum atomic E-state index is -4.36. The van der Waals surface area contributed by atoms with Gasteiger partial charge in [0.1, 0.15) is 0 Å². The molecule has 0 aliphatic carbocycles. The number of benzene rings is 2. The van der Waals surface area contributed by atoms with E-state index < -0.39 is 5.51 Å². The zero-order chi connectivity index (χ0) is 26.7. The number of pyridine rings is 1. The molecule has 0 amide bonds. The van der Waals surface area contributed by atoms with Crippen LogP contribution in [0.5, 0.6) is 0 Å². The molecule has 194 valence electrons. The van der Waals surface area contributed by atoms with Crippen molar-refractivity contribution in [1.82, 2.24) is 14.7 Å². The molecule has 0 spiro atoms. The fourth-order valence-electron chi connectivity index (χ4n) is 4.35. The molecule has 0 bridgehead atoms. The van der Waals surface area contributed by atoms with Crippen molar-refractivity contribution in [2.75, 3.05) is 18.0 Å². The van der Waals surface area contributed by atoms with E-state index in [1.54, 1.807) is 16.8 Å². The highest BCUT2D eigenvalue weighted by molar-refractivity contribution is 8.00. The van der Waals surface area contributed by atoms with Crippen molar-refractivity contribution < 1.29 is 17.7 Å². The highest BCUT2D eigenvalue weighted by Gasteiger charge is 2.29. The molecule has 2 aromatic heterocycles. The van der Waals surface area contributed by atoms with Crippen LogP contribution in [0.15, 0.2) is 81.1 Å². The first kappa shape index (κ1) is 25.6. The SMILES string of the molecule is [C-]#[N+]C1CCN(c2cccc(Cn3cc(-c4nc(-c5ccc(SC(F)(F)F)cc5)no4)ccc3=O)c2)CC1. The number of piperidine rings is 1. The molecule has 5 rings (SSSR count). The zero-order valence-corrected chi connectivity index (χ0v) is 20.9. The third-order valence-corrected chi connectivity index (χ3v) is 7.02. The van der Waals surface area contributed by atoms with Gasteiger partial charge < -0.3 is 18.8 Å². The first-order valence-corrected chi connectivity index (χ1v) is 12.7. The number of nitrogens with zero attached hydrogens (tertiary/aromatic N) is 5. The Morgan fingerprint density at radius 1 is 1.05 bits per heavy atom. The number of anilines is 1. The number of aromatic nitrogens is 3. The molecule has 0 unspecified atom stereocenters. The number of hydrogen-bond donors (Lipinski definition) is 0. The minimum absolute atomic E-state index is 0.0639. The number of thioether (sulfide) groups is 1. The lowest BCUT2D eigenvalue weighted by Gasteiger charge is -2.29. The van der Waals surface area contributed by atoms with Crippen LogP contribution in [0.1, 0.15) is 18.4 Å². The van der Waals surface area contributed by atoms with E-state index in [1.165, 1.54) is 30.3 Å². The average molecular weight is 538 g/mol. The van der Waals surface area contributed by atoms with E-state index in [4.69, 9.17) is 11.1 Å². The molecular weight excluding hydrogens is 515 g/mol. The molecule has 2 aromatic carbocycles. The van der Waals surface area contributed by atoms with Crippen molar-refractivity contribution in [2.45, 2.75) is 35.8 Å². The Bertz CT molecular complexity index is 1520. The van der Waals surface area contributed by atoms with Gasteiger partial charge >= 0.3 is 5.51 Å². The number of halogens is 3. The van der Waals surface area contributed by atoms with Crippen molar-refractivity contribution in [2.24, 2.45) is 0 Å². The summed E-state index contributed by atoms with van der Waals surface area (Å²) in [5.41, 5.74) is -1.47. The Hall–Kier alpha value is -4.04. The molecule has 4 aromatic rings. The summed E-state index contributed by atoms with van der Waals surface area (Å²) in [6.45, 7) is 9.23. The molecule has 0 saturated carbocycles. The van der Waals surface area contributed by atoms with Gasteiger partial charge in [-0.15, -0.1) is 0 Å². The summed E-state index contributed by atoms with van der Waals surface area (Å²) in [6, 6.07) is 16.8. The number of alkyl halides is 3. The molecule has 1 aliphatic rings. The fraction of sp³-hybridized carbons (Fsp3) is 0.259. The maximum Gasteiger partial charge on any atom is 0.446 e. The van der Waals surface area contributed by atoms with E-state index in [0.717, 1.165) is 37.2 Å². The quantitative estimate of drug-likeness (QED) is 0.218.